The number of carbonyl (C=O) groups excluding carboxylic acids is 1. The summed E-state index contributed by atoms with van der Waals surface area (Å²) in [5.74, 6) is 0.0965. The molecule has 1 aromatic carbocycles. The smallest absolute Gasteiger partial charge is 0.224 e. The van der Waals surface area contributed by atoms with Crippen molar-refractivity contribution in [3.8, 4) is 0 Å². The van der Waals surface area contributed by atoms with Crippen LogP contribution in [0.3, 0.4) is 0 Å². The average molecular weight is 246 g/mol. The Kier molecular flexibility index (Phi) is 4.24. The second-order valence-corrected chi connectivity index (χ2v) is 5.28. The molecule has 1 aromatic rings. The van der Waals surface area contributed by atoms with Crippen LogP contribution < -0.4 is 11.1 Å². The lowest BCUT2D eigenvalue weighted by atomic mass is 9.95. The molecule has 18 heavy (non-hydrogen) atoms. The number of anilines is 1. The van der Waals surface area contributed by atoms with E-state index in [4.69, 9.17) is 5.73 Å². The van der Waals surface area contributed by atoms with E-state index in [-0.39, 0.29) is 5.91 Å². The number of hydrogen-bond acceptors (Lipinski definition) is 2. The predicted molar refractivity (Wildman–Crippen MR) is 74.3 cm³/mol. The average Bonchev–Trinajstić information content (AvgIpc) is 2.35. The fraction of sp³-hybridized carbons (Fsp3) is 0.533. The van der Waals surface area contributed by atoms with Crippen LogP contribution in [-0.4, -0.2) is 11.9 Å². The molecule has 1 amide bonds. The Hall–Kier alpha value is -1.51. The molecule has 0 spiro atoms. The topological polar surface area (TPSA) is 55.1 Å². The van der Waals surface area contributed by atoms with E-state index in [1.165, 1.54) is 19.3 Å². The van der Waals surface area contributed by atoms with E-state index in [0.717, 1.165) is 24.0 Å². The summed E-state index contributed by atoms with van der Waals surface area (Å²) < 4.78 is 0. The van der Waals surface area contributed by atoms with E-state index < -0.39 is 0 Å². The molecule has 0 aromatic heterocycles. The molecule has 0 heterocycles. The highest BCUT2D eigenvalue weighted by atomic mass is 16.1. The minimum atomic E-state index is 0.0965. The molecule has 0 saturated heterocycles. The highest BCUT2D eigenvalue weighted by Gasteiger charge is 2.16. The van der Waals surface area contributed by atoms with Crippen LogP contribution >= 0.6 is 0 Å². The zero-order chi connectivity index (χ0) is 13.0. The number of amides is 1. The molecule has 1 saturated carbocycles. The third-order valence-electron chi connectivity index (χ3n) is 3.62. The molecule has 0 bridgehead atoms. The van der Waals surface area contributed by atoms with Crippen LogP contribution in [0.1, 0.15) is 43.2 Å². The second kappa shape index (κ2) is 5.89. The van der Waals surface area contributed by atoms with Gasteiger partial charge in [-0.05, 0) is 31.4 Å². The molecule has 3 N–H and O–H groups in total. The van der Waals surface area contributed by atoms with E-state index >= 15 is 0 Å². The van der Waals surface area contributed by atoms with Crippen LogP contribution in [0.15, 0.2) is 18.2 Å². The van der Waals surface area contributed by atoms with E-state index in [2.05, 4.69) is 5.32 Å². The van der Waals surface area contributed by atoms with Crippen LogP contribution in [0.4, 0.5) is 5.69 Å². The van der Waals surface area contributed by atoms with Gasteiger partial charge in [0.25, 0.3) is 0 Å². The molecule has 3 heteroatoms. The summed E-state index contributed by atoms with van der Waals surface area (Å²) in [5, 5.41) is 3.12. The maximum Gasteiger partial charge on any atom is 0.224 e. The summed E-state index contributed by atoms with van der Waals surface area (Å²) in [6.45, 7) is 2.02. The Bertz CT molecular complexity index is 423. The fourth-order valence-electron chi connectivity index (χ4n) is 2.59. The van der Waals surface area contributed by atoms with Crippen molar-refractivity contribution in [3.05, 3.63) is 29.3 Å². The first-order chi connectivity index (χ1) is 8.65. The van der Waals surface area contributed by atoms with Gasteiger partial charge in [0.1, 0.15) is 0 Å². The molecule has 0 unspecified atom stereocenters. The molecule has 98 valence electrons. The number of carbonyl (C=O) groups is 1. The minimum absolute atomic E-state index is 0.0965. The minimum Gasteiger partial charge on any atom is -0.398 e. The normalized spacial score (nSPS) is 16.5. The Balaban J connectivity index is 1.92. The summed E-state index contributed by atoms with van der Waals surface area (Å²) in [6.07, 6.45) is 6.40. The van der Waals surface area contributed by atoms with E-state index in [1.54, 1.807) is 0 Å². The van der Waals surface area contributed by atoms with Crippen molar-refractivity contribution in [2.24, 2.45) is 0 Å². The molecule has 1 fully saturated rings. The lowest BCUT2D eigenvalue weighted by Gasteiger charge is -2.22. The Morgan fingerprint density at radius 3 is 2.78 bits per heavy atom. The standard InChI is InChI=1S/C15H22N2O/c1-11-7-8-14(16)12(9-11)10-15(18)17-13-5-3-2-4-6-13/h7-9,13H,2-6,10,16H2,1H3,(H,17,18). The number of rotatable bonds is 3. The van der Waals surface area contributed by atoms with Crippen molar-refractivity contribution in [1.82, 2.24) is 5.32 Å². The van der Waals surface area contributed by atoms with Gasteiger partial charge in [0.15, 0.2) is 0 Å². The number of benzene rings is 1. The molecule has 0 aliphatic heterocycles. The van der Waals surface area contributed by atoms with Crippen molar-refractivity contribution >= 4 is 11.6 Å². The molecular weight excluding hydrogens is 224 g/mol. The molecule has 0 radical (unpaired) electrons. The van der Waals surface area contributed by atoms with Crippen molar-refractivity contribution in [2.75, 3.05) is 5.73 Å². The van der Waals surface area contributed by atoms with Crippen LogP contribution in [0, 0.1) is 6.92 Å². The van der Waals surface area contributed by atoms with Crippen molar-refractivity contribution in [1.29, 1.82) is 0 Å². The van der Waals surface area contributed by atoms with Crippen LogP contribution in [-0.2, 0) is 11.2 Å². The lowest BCUT2D eigenvalue weighted by Crippen LogP contribution is -2.37. The summed E-state index contributed by atoms with van der Waals surface area (Å²) in [7, 11) is 0. The SMILES string of the molecule is Cc1ccc(N)c(CC(=O)NC2CCCCC2)c1. The third-order valence-corrected chi connectivity index (χ3v) is 3.62. The van der Waals surface area contributed by atoms with Crippen LogP contribution in [0.25, 0.3) is 0 Å². The van der Waals surface area contributed by atoms with Gasteiger partial charge in [-0.2, -0.15) is 0 Å². The highest BCUT2D eigenvalue weighted by molar-refractivity contribution is 5.80. The number of hydrogen-bond donors (Lipinski definition) is 2. The Morgan fingerprint density at radius 2 is 2.06 bits per heavy atom. The van der Waals surface area contributed by atoms with Gasteiger partial charge in [-0.1, -0.05) is 37.0 Å². The van der Waals surface area contributed by atoms with Gasteiger partial charge in [-0.15, -0.1) is 0 Å². The summed E-state index contributed by atoms with van der Waals surface area (Å²) in [6, 6.07) is 6.21. The van der Waals surface area contributed by atoms with Gasteiger partial charge >= 0.3 is 0 Å². The molecule has 1 aliphatic rings. The summed E-state index contributed by atoms with van der Waals surface area (Å²) in [5.41, 5.74) is 8.68. The first-order valence-electron chi connectivity index (χ1n) is 6.79. The predicted octanol–water partition coefficient (Wildman–Crippen LogP) is 2.57. The number of aryl methyl sites for hydroxylation is 1. The Labute approximate surface area is 109 Å². The maximum atomic E-state index is 12.0. The van der Waals surface area contributed by atoms with Gasteiger partial charge in [-0.25, -0.2) is 0 Å². The monoisotopic (exact) mass is 246 g/mol. The van der Waals surface area contributed by atoms with Gasteiger partial charge in [0.05, 0.1) is 6.42 Å². The van der Waals surface area contributed by atoms with Gasteiger partial charge in [0, 0.05) is 11.7 Å². The maximum absolute atomic E-state index is 12.0. The summed E-state index contributed by atoms with van der Waals surface area (Å²) in [4.78, 5) is 12.0. The third kappa shape index (κ3) is 3.49. The Morgan fingerprint density at radius 1 is 1.33 bits per heavy atom. The van der Waals surface area contributed by atoms with E-state index in [1.807, 2.05) is 25.1 Å². The largest absolute Gasteiger partial charge is 0.398 e. The molecule has 1 aliphatic carbocycles. The second-order valence-electron chi connectivity index (χ2n) is 5.28. The zero-order valence-corrected chi connectivity index (χ0v) is 11.0. The fourth-order valence-corrected chi connectivity index (χ4v) is 2.59. The van der Waals surface area contributed by atoms with Gasteiger partial charge < -0.3 is 11.1 Å². The van der Waals surface area contributed by atoms with Crippen molar-refractivity contribution in [3.63, 3.8) is 0 Å². The lowest BCUT2D eigenvalue weighted by molar-refractivity contribution is -0.121. The van der Waals surface area contributed by atoms with Crippen molar-refractivity contribution in [2.45, 2.75) is 51.5 Å². The van der Waals surface area contributed by atoms with E-state index in [9.17, 15) is 4.79 Å². The molecular formula is C15H22N2O. The molecule has 2 rings (SSSR count). The zero-order valence-electron chi connectivity index (χ0n) is 11.0. The van der Waals surface area contributed by atoms with Crippen LogP contribution in [0.5, 0.6) is 0 Å². The highest BCUT2D eigenvalue weighted by Crippen LogP contribution is 2.18. The first kappa shape index (κ1) is 12.9. The van der Waals surface area contributed by atoms with E-state index in [0.29, 0.717) is 18.2 Å². The van der Waals surface area contributed by atoms with Gasteiger partial charge in [-0.3, -0.25) is 4.79 Å². The molecule has 3 nitrogen and oxygen atoms in total. The van der Waals surface area contributed by atoms with Crippen LogP contribution in [0.2, 0.25) is 0 Å². The van der Waals surface area contributed by atoms with Gasteiger partial charge in [0.2, 0.25) is 5.91 Å². The number of nitrogen functional groups attached to an aromatic ring is 1. The summed E-state index contributed by atoms with van der Waals surface area (Å²) >= 11 is 0. The quantitative estimate of drug-likeness (QED) is 0.805. The van der Waals surface area contributed by atoms with Crippen molar-refractivity contribution < 1.29 is 4.79 Å². The first-order valence-corrected chi connectivity index (χ1v) is 6.79. The molecule has 0 atom stereocenters. The number of nitrogens with one attached hydrogen (secondary N) is 1. The number of nitrogens with two attached hydrogens (primary N) is 1.